The first-order chi connectivity index (χ1) is 10.1. The lowest BCUT2D eigenvalue weighted by atomic mass is 10.1. The summed E-state index contributed by atoms with van der Waals surface area (Å²) in [5.41, 5.74) is 2.68. The van der Waals surface area contributed by atoms with Gasteiger partial charge in [0.25, 0.3) is 0 Å². The Hall–Kier alpha value is -1.32. The molecule has 21 heavy (non-hydrogen) atoms. The number of aromatic nitrogens is 2. The zero-order valence-electron chi connectivity index (χ0n) is 12.5. The highest BCUT2D eigenvalue weighted by Crippen LogP contribution is 2.33. The van der Waals surface area contributed by atoms with Gasteiger partial charge in [0.2, 0.25) is 0 Å². The van der Waals surface area contributed by atoms with Gasteiger partial charge in [-0.2, -0.15) is 0 Å². The van der Waals surface area contributed by atoms with Crippen molar-refractivity contribution in [3.8, 4) is 11.3 Å². The smallest absolute Gasteiger partial charge is 0.133 e. The van der Waals surface area contributed by atoms with Crippen LogP contribution in [0.15, 0.2) is 18.2 Å². The summed E-state index contributed by atoms with van der Waals surface area (Å²) in [6.07, 6.45) is 1.83. The van der Waals surface area contributed by atoms with E-state index >= 15 is 0 Å². The fourth-order valence-corrected chi connectivity index (χ4v) is 2.56. The molecule has 0 aliphatic rings. The third-order valence-corrected chi connectivity index (χ3v) is 3.76. The number of nitrogens with one attached hydrogen (secondary N) is 1. The minimum Gasteiger partial charge on any atom is -0.370 e. The molecule has 2 rings (SSSR count). The lowest BCUT2D eigenvalue weighted by Gasteiger charge is -2.14. The van der Waals surface area contributed by atoms with Gasteiger partial charge in [0.05, 0.1) is 10.7 Å². The molecule has 1 aromatic heterocycles. The summed E-state index contributed by atoms with van der Waals surface area (Å²) >= 11 is 12.4. The van der Waals surface area contributed by atoms with Crippen molar-refractivity contribution in [2.75, 3.05) is 11.9 Å². The van der Waals surface area contributed by atoms with E-state index in [9.17, 15) is 0 Å². The number of hydrogen-bond donors (Lipinski definition) is 1. The Balaban J connectivity index is 2.62. The van der Waals surface area contributed by atoms with Crippen LogP contribution in [0.3, 0.4) is 0 Å². The second kappa shape index (κ2) is 7.10. The molecule has 112 valence electrons. The van der Waals surface area contributed by atoms with Crippen molar-refractivity contribution in [1.29, 1.82) is 0 Å². The van der Waals surface area contributed by atoms with E-state index in [1.54, 1.807) is 12.1 Å². The van der Waals surface area contributed by atoms with Gasteiger partial charge in [0, 0.05) is 29.1 Å². The Morgan fingerprint density at radius 3 is 2.57 bits per heavy atom. The molecule has 0 bridgehead atoms. The van der Waals surface area contributed by atoms with Gasteiger partial charge < -0.3 is 5.32 Å². The van der Waals surface area contributed by atoms with Crippen LogP contribution in [-0.2, 0) is 6.42 Å². The average Bonchev–Trinajstić information content (AvgIpc) is 2.45. The molecule has 0 saturated heterocycles. The third-order valence-electron chi connectivity index (χ3n) is 3.19. The highest BCUT2D eigenvalue weighted by atomic mass is 35.5. The summed E-state index contributed by atoms with van der Waals surface area (Å²) < 4.78 is 0. The first kappa shape index (κ1) is 16.1. The number of hydrogen-bond acceptors (Lipinski definition) is 3. The van der Waals surface area contributed by atoms with Gasteiger partial charge in [-0.05, 0) is 38.5 Å². The van der Waals surface area contributed by atoms with Crippen LogP contribution in [0.2, 0.25) is 10.0 Å². The summed E-state index contributed by atoms with van der Waals surface area (Å²) in [6, 6.07) is 5.43. The van der Waals surface area contributed by atoms with E-state index in [1.165, 1.54) is 0 Å². The summed E-state index contributed by atoms with van der Waals surface area (Å²) in [5.74, 6) is 1.69. The number of halogens is 2. The highest BCUT2D eigenvalue weighted by Gasteiger charge is 2.15. The van der Waals surface area contributed by atoms with Crippen molar-refractivity contribution in [2.24, 2.45) is 0 Å². The molecule has 0 spiro atoms. The number of benzene rings is 1. The molecule has 0 aliphatic heterocycles. The van der Waals surface area contributed by atoms with Crippen LogP contribution in [0, 0.1) is 6.92 Å². The van der Waals surface area contributed by atoms with Gasteiger partial charge in [0.1, 0.15) is 11.6 Å². The normalized spacial score (nSPS) is 10.7. The van der Waals surface area contributed by atoms with Crippen molar-refractivity contribution in [2.45, 2.75) is 33.6 Å². The summed E-state index contributed by atoms with van der Waals surface area (Å²) in [6.45, 7) is 6.97. The van der Waals surface area contributed by atoms with E-state index in [0.29, 0.717) is 10.0 Å². The maximum Gasteiger partial charge on any atom is 0.133 e. The van der Waals surface area contributed by atoms with E-state index in [4.69, 9.17) is 23.2 Å². The van der Waals surface area contributed by atoms with E-state index in [-0.39, 0.29) is 0 Å². The predicted octanol–water partition coefficient (Wildman–Crippen LogP) is 5.14. The molecule has 0 radical (unpaired) electrons. The minimum absolute atomic E-state index is 0.645. The molecule has 5 heteroatoms. The standard InChI is InChI=1S/C16H19Cl2N3/c1-4-6-14-20-15(10(3)16(21-14)19-5-2)12-9-11(17)7-8-13(12)18/h7-9H,4-6H2,1-3H3,(H,19,20,21). The molecule has 0 unspecified atom stereocenters. The van der Waals surface area contributed by atoms with Crippen LogP contribution in [0.25, 0.3) is 11.3 Å². The maximum atomic E-state index is 6.32. The molecule has 1 heterocycles. The molecule has 1 N–H and O–H groups in total. The monoisotopic (exact) mass is 323 g/mol. The van der Waals surface area contributed by atoms with Crippen molar-refractivity contribution in [3.05, 3.63) is 39.6 Å². The zero-order valence-corrected chi connectivity index (χ0v) is 14.0. The summed E-state index contributed by atoms with van der Waals surface area (Å²) in [5, 5.41) is 4.58. The van der Waals surface area contributed by atoms with Gasteiger partial charge in [0.15, 0.2) is 0 Å². The van der Waals surface area contributed by atoms with Gasteiger partial charge in [-0.25, -0.2) is 9.97 Å². The molecule has 2 aromatic rings. The Bertz CT molecular complexity index is 642. The molecule has 0 aliphatic carbocycles. The highest BCUT2D eigenvalue weighted by molar-refractivity contribution is 6.35. The molecule has 0 atom stereocenters. The van der Waals surface area contributed by atoms with E-state index in [0.717, 1.165) is 47.8 Å². The topological polar surface area (TPSA) is 37.8 Å². The van der Waals surface area contributed by atoms with E-state index in [2.05, 4.69) is 22.2 Å². The van der Waals surface area contributed by atoms with Gasteiger partial charge >= 0.3 is 0 Å². The van der Waals surface area contributed by atoms with Crippen LogP contribution in [0.4, 0.5) is 5.82 Å². The van der Waals surface area contributed by atoms with Crippen molar-refractivity contribution in [3.63, 3.8) is 0 Å². The Morgan fingerprint density at radius 1 is 1.14 bits per heavy atom. The number of rotatable bonds is 5. The SMILES string of the molecule is CCCc1nc(NCC)c(C)c(-c2cc(Cl)ccc2Cl)n1. The molecule has 1 aromatic carbocycles. The average molecular weight is 324 g/mol. The summed E-state index contributed by atoms with van der Waals surface area (Å²) in [4.78, 5) is 9.27. The first-order valence-corrected chi connectivity index (χ1v) is 7.89. The number of aryl methyl sites for hydroxylation is 1. The third kappa shape index (κ3) is 3.66. The second-order valence-corrected chi connectivity index (χ2v) is 5.71. The molecule has 0 fully saturated rings. The van der Waals surface area contributed by atoms with Gasteiger partial charge in [-0.15, -0.1) is 0 Å². The van der Waals surface area contributed by atoms with Crippen molar-refractivity contribution in [1.82, 2.24) is 9.97 Å². The quantitative estimate of drug-likeness (QED) is 0.827. The Labute approximate surface area is 135 Å². The molecule has 0 saturated carbocycles. The lowest BCUT2D eigenvalue weighted by Crippen LogP contribution is -2.08. The Morgan fingerprint density at radius 2 is 1.90 bits per heavy atom. The van der Waals surface area contributed by atoms with Crippen LogP contribution in [0.1, 0.15) is 31.7 Å². The lowest BCUT2D eigenvalue weighted by molar-refractivity contribution is 0.833. The predicted molar refractivity (Wildman–Crippen MR) is 90.4 cm³/mol. The minimum atomic E-state index is 0.645. The van der Waals surface area contributed by atoms with Crippen LogP contribution >= 0.6 is 23.2 Å². The summed E-state index contributed by atoms with van der Waals surface area (Å²) in [7, 11) is 0. The van der Waals surface area contributed by atoms with Crippen molar-refractivity contribution < 1.29 is 0 Å². The van der Waals surface area contributed by atoms with Crippen molar-refractivity contribution >= 4 is 29.0 Å². The maximum absolute atomic E-state index is 6.32. The van der Waals surface area contributed by atoms with Gasteiger partial charge in [-0.1, -0.05) is 30.1 Å². The van der Waals surface area contributed by atoms with Crippen LogP contribution in [-0.4, -0.2) is 16.5 Å². The second-order valence-electron chi connectivity index (χ2n) is 4.87. The molecular formula is C16H19Cl2N3. The van der Waals surface area contributed by atoms with Gasteiger partial charge in [-0.3, -0.25) is 0 Å². The molecular weight excluding hydrogens is 305 g/mol. The largest absolute Gasteiger partial charge is 0.370 e. The zero-order chi connectivity index (χ0) is 15.4. The first-order valence-electron chi connectivity index (χ1n) is 7.13. The fraction of sp³-hybridized carbons (Fsp3) is 0.375. The fourth-order valence-electron chi connectivity index (χ4n) is 2.18. The number of anilines is 1. The Kier molecular flexibility index (Phi) is 5.43. The van der Waals surface area contributed by atoms with Crippen LogP contribution < -0.4 is 5.32 Å². The number of nitrogens with zero attached hydrogens (tertiary/aromatic N) is 2. The molecule has 0 amide bonds. The molecule has 3 nitrogen and oxygen atoms in total. The van der Waals surface area contributed by atoms with Crippen LogP contribution in [0.5, 0.6) is 0 Å². The van der Waals surface area contributed by atoms with E-state index < -0.39 is 0 Å². The van der Waals surface area contributed by atoms with E-state index in [1.807, 2.05) is 19.9 Å².